The van der Waals surface area contributed by atoms with Crippen molar-refractivity contribution in [3.8, 4) is 0 Å². The molecule has 0 radical (unpaired) electrons. The van der Waals surface area contributed by atoms with Crippen molar-refractivity contribution < 1.29 is 4.74 Å². The van der Waals surface area contributed by atoms with E-state index in [1.807, 2.05) is 19.1 Å². The molecule has 1 aromatic rings. The molecule has 3 nitrogen and oxygen atoms in total. The van der Waals surface area contributed by atoms with E-state index in [0.29, 0.717) is 0 Å². The quantitative estimate of drug-likeness (QED) is 0.557. The third-order valence-electron chi connectivity index (χ3n) is 2.19. The SMILES string of the molecule is CCOCCCNc1cc(C)ccc1N. The molecule has 3 N–H and O–H groups in total. The van der Waals surface area contributed by atoms with Crippen LogP contribution in [0.15, 0.2) is 18.2 Å². The monoisotopic (exact) mass is 208 g/mol. The van der Waals surface area contributed by atoms with Crippen molar-refractivity contribution in [1.82, 2.24) is 0 Å². The number of rotatable bonds is 6. The maximum absolute atomic E-state index is 5.84. The highest BCUT2D eigenvalue weighted by molar-refractivity contribution is 5.66. The van der Waals surface area contributed by atoms with Gasteiger partial charge in [-0.25, -0.2) is 0 Å². The van der Waals surface area contributed by atoms with Crippen molar-refractivity contribution >= 4 is 11.4 Å². The Hall–Kier alpha value is -1.22. The predicted molar refractivity (Wildman–Crippen MR) is 65.2 cm³/mol. The highest BCUT2D eigenvalue weighted by Gasteiger charge is 1.97. The molecule has 0 fully saturated rings. The Labute approximate surface area is 91.6 Å². The van der Waals surface area contributed by atoms with Gasteiger partial charge in [-0.1, -0.05) is 6.07 Å². The number of nitrogens with one attached hydrogen (secondary N) is 1. The zero-order valence-electron chi connectivity index (χ0n) is 9.55. The number of anilines is 2. The molecule has 0 aliphatic carbocycles. The summed E-state index contributed by atoms with van der Waals surface area (Å²) in [6, 6.07) is 6.01. The maximum atomic E-state index is 5.84. The smallest absolute Gasteiger partial charge is 0.0576 e. The summed E-state index contributed by atoms with van der Waals surface area (Å²) < 4.78 is 5.25. The summed E-state index contributed by atoms with van der Waals surface area (Å²) in [6.07, 6.45) is 1.00. The van der Waals surface area contributed by atoms with Gasteiger partial charge in [0.05, 0.1) is 11.4 Å². The van der Waals surface area contributed by atoms with Gasteiger partial charge in [-0.3, -0.25) is 0 Å². The second-order valence-corrected chi connectivity index (χ2v) is 3.57. The third-order valence-corrected chi connectivity index (χ3v) is 2.19. The number of hydrogen-bond donors (Lipinski definition) is 2. The molecule has 0 aromatic heterocycles. The Balaban J connectivity index is 2.33. The lowest BCUT2D eigenvalue weighted by molar-refractivity contribution is 0.147. The van der Waals surface area contributed by atoms with Crippen LogP contribution in [0.3, 0.4) is 0 Å². The van der Waals surface area contributed by atoms with Crippen LogP contribution in [0.1, 0.15) is 18.9 Å². The van der Waals surface area contributed by atoms with Gasteiger partial charge in [0.15, 0.2) is 0 Å². The van der Waals surface area contributed by atoms with E-state index < -0.39 is 0 Å². The largest absolute Gasteiger partial charge is 0.397 e. The molecule has 0 saturated carbocycles. The first-order valence-electron chi connectivity index (χ1n) is 5.41. The van der Waals surface area contributed by atoms with Crippen molar-refractivity contribution in [3.05, 3.63) is 23.8 Å². The van der Waals surface area contributed by atoms with Gasteiger partial charge in [-0.15, -0.1) is 0 Å². The van der Waals surface area contributed by atoms with Crippen molar-refractivity contribution in [3.63, 3.8) is 0 Å². The second-order valence-electron chi connectivity index (χ2n) is 3.57. The van der Waals surface area contributed by atoms with Gasteiger partial charge < -0.3 is 15.8 Å². The topological polar surface area (TPSA) is 47.3 Å². The van der Waals surface area contributed by atoms with Gasteiger partial charge in [-0.05, 0) is 38.0 Å². The molecule has 0 bridgehead atoms. The summed E-state index contributed by atoms with van der Waals surface area (Å²) in [6.45, 7) is 6.55. The van der Waals surface area contributed by atoms with Crippen LogP contribution in [0.25, 0.3) is 0 Å². The lowest BCUT2D eigenvalue weighted by atomic mass is 10.2. The molecule has 0 amide bonds. The molecular formula is C12H20N2O. The maximum Gasteiger partial charge on any atom is 0.0576 e. The zero-order valence-corrected chi connectivity index (χ0v) is 9.55. The van der Waals surface area contributed by atoms with Gasteiger partial charge in [0.2, 0.25) is 0 Å². The Bertz CT molecular complexity index is 300. The molecule has 0 heterocycles. The molecule has 0 unspecified atom stereocenters. The summed E-state index contributed by atoms with van der Waals surface area (Å²) in [5, 5.41) is 3.31. The lowest BCUT2D eigenvalue weighted by Crippen LogP contribution is -2.07. The van der Waals surface area contributed by atoms with E-state index >= 15 is 0 Å². The Kier molecular flexibility index (Phi) is 4.98. The fourth-order valence-electron chi connectivity index (χ4n) is 1.36. The predicted octanol–water partition coefficient (Wildman–Crippen LogP) is 2.42. The Morgan fingerprint density at radius 2 is 2.20 bits per heavy atom. The molecule has 0 aliphatic rings. The van der Waals surface area contributed by atoms with Crippen molar-refractivity contribution in [1.29, 1.82) is 0 Å². The van der Waals surface area contributed by atoms with Crippen LogP contribution in [-0.4, -0.2) is 19.8 Å². The highest BCUT2D eigenvalue weighted by Crippen LogP contribution is 2.19. The van der Waals surface area contributed by atoms with E-state index in [4.69, 9.17) is 10.5 Å². The number of hydrogen-bond acceptors (Lipinski definition) is 3. The number of nitrogens with two attached hydrogens (primary N) is 1. The molecule has 3 heteroatoms. The molecule has 0 aliphatic heterocycles. The zero-order chi connectivity index (χ0) is 11.1. The van der Waals surface area contributed by atoms with Crippen molar-refractivity contribution in [2.24, 2.45) is 0 Å². The van der Waals surface area contributed by atoms with Crippen LogP contribution >= 0.6 is 0 Å². The molecule has 0 saturated heterocycles. The minimum absolute atomic E-state index is 0.784. The summed E-state index contributed by atoms with van der Waals surface area (Å²) in [5.41, 5.74) is 8.88. The first kappa shape index (κ1) is 11.9. The van der Waals surface area contributed by atoms with Crippen molar-refractivity contribution in [2.75, 3.05) is 30.8 Å². The Morgan fingerprint density at radius 3 is 2.93 bits per heavy atom. The molecule has 84 valence electrons. The Morgan fingerprint density at radius 1 is 1.40 bits per heavy atom. The number of nitrogen functional groups attached to an aromatic ring is 1. The van der Waals surface area contributed by atoms with Crippen LogP contribution in [0, 0.1) is 6.92 Å². The van der Waals surface area contributed by atoms with Gasteiger partial charge in [-0.2, -0.15) is 0 Å². The average molecular weight is 208 g/mol. The summed E-state index contributed by atoms with van der Waals surface area (Å²) in [5.74, 6) is 0. The first-order valence-corrected chi connectivity index (χ1v) is 5.41. The van der Waals surface area contributed by atoms with E-state index in [0.717, 1.165) is 37.6 Å². The van der Waals surface area contributed by atoms with E-state index in [9.17, 15) is 0 Å². The molecule has 0 spiro atoms. The van der Waals surface area contributed by atoms with Crippen molar-refractivity contribution in [2.45, 2.75) is 20.3 Å². The van der Waals surface area contributed by atoms with Crippen LogP contribution in [0.5, 0.6) is 0 Å². The van der Waals surface area contributed by atoms with Gasteiger partial charge >= 0.3 is 0 Å². The van der Waals surface area contributed by atoms with E-state index in [1.54, 1.807) is 0 Å². The fraction of sp³-hybridized carbons (Fsp3) is 0.500. The average Bonchev–Trinajstić information content (AvgIpc) is 2.23. The van der Waals surface area contributed by atoms with E-state index in [-0.39, 0.29) is 0 Å². The minimum atomic E-state index is 0.784. The summed E-state index contributed by atoms with van der Waals surface area (Å²) >= 11 is 0. The molecule has 15 heavy (non-hydrogen) atoms. The first-order chi connectivity index (χ1) is 7.24. The fourth-order valence-corrected chi connectivity index (χ4v) is 1.36. The summed E-state index contributed by atoms with van der Waals surface area (Å²) in [7, 11) is 0. The normalized spacial score (nSPS) is 10.3. The molecule has 1 aromatic carbocycles. The van der Waals surface area contributed by atoms with E-state index in [1.165, 1.54) is 5.56 Å². The van der Waals surface area contributed by atoms with Crippen LogP contribution < -0.4 is 11.1 Å². The van der Waals surface area contributed by atoms with Crippen LogP contribution in [0.2, 0.25) is 0 Å². The van der Waals surface area contributed by atoms with E-state index in [2.05, 4.69) is 18.3 Å². The standard InChI is InChI=1S/C12H20N2O/c1-3-15-8-4-7-14-12-9-10(2)5-6-11(12)13/h5-6,9,14H,3-4,7-8,13H2,1-2H3. The number of aryl methyl sites for hydroxylation is 1. The minimum Gasteiger partial charge on any atom is -0.397 e. The second kappa shape index (κ2) is 6.30. The number of ether oxygens (including phenoxy) is 1. The lowest BCUT2D eigenvalue weighted by Gasteiger charge is -2.09. The van der Waals surface area contributed by atoms with Gasteiger partial charge in [0.25, 0.3) is 0 Å². The van der Waals surface area contributed by atoms with Crippen LogP contribution in [-0.2, 0) is 4.74 Å². The van der Waals surface area contributed by atoms with Gasteiger partial charge in [0, 0.05) is 19.8 Å². The highest BCUT2D eigenvalue weighted by atomic mass is 16.5. The summed E-state index contributed by atoms with van der Waals surface area (Å²) in [4.78, 5) is 0. The third kappa shape index (κ3) is 4.21. The molecular weight excluding hydrogens is 188 g/mol. The van der Waals surface area contributed by atoms with Gasteiger partial charge in [0.1, 0.15) is 0 Å². The number of benzene rings is 1. The van der Waals surface area contributed by atoms with Crippen LogP contribution in [0.4, 0.5) is 11.4 Å². The molecule has 1 rings (SSSR count). The molecule has 0 atom stereocenters.